The minimum Gasteiger partial charge on any atom is -0.493 e. The number of carbonyl (C=O) groups is 2. The van der Waals surface area contributed by atoms with Crippen molar-refractivity contribution in [3.63, 3.8) is 0 Å². The second-order valence-electron chi connectivity index (χ2n) is 6.07. The Labute approximate surface area is 192 Å². The Morgan fingerprint density at radius 1 is 1.29 bits per heavy atom. The summed E-state index contributed by atoms with van der Waals surface area (Å²) in [5, 5.41) is 6.42. The largest absolute Gasteiger partial charge is 0.493 e. The highest BCUT2D eigenvalue weighted by Gasteiger charge is 2.16. The van der Waals surface area contributed by atoms with Crippen molar-refractivity contribution in [2.24, 2.45) is 5.10 Å². The second kappa shape index (κ2) is 10.5. The van der Waals surface area contributed by atoms with Crippen LogP contribution in [0.1, 0.15) is 15.9 Å². The Hall–Kier alpha value is -3.46. The van der Waals surface area contributed by atoms with Crippen molar-refractivity contribution in [2.75, 3.05) is 27.1 Å². The molecule has 10 heteroatoms. The molecule has 0 aromatic heterocycles. The van der Waals surface area contributed by atoms with E-state index in [4.69, 9.17) is 25.4 Å². The third-order valence-electron chi connectivity index (χ3n) is 4.00. The molecule has 1 heterocycles. The van der Waals surface area contributed by atoms with Crippen molar-refractivity contribution >= 4 is 40.6 Å². The van der Waals surface area contributed by atoms with Gasteiger partial charge in [0, 0.05) is 5.56 Å². The first-order valence-corrected chi connectivity index (χ1v) is 10.0. The van der Waals surface area contributed by atoms with Gasteiger partial charge in [-0.25, -0.2) is 5.43 Å². The van der Waals surface area contributed by atoms with Crippen LogP contribution in [0.2, 0.25) is 0 Å². The zero-order valence-corrected chi connectivity index (χ0v) is 18.6. The van der Waals surface area contributed by atoms with Gasteiger partial charge in [-0.2, -0.15) is 5.10 Å². The van der Waals surface area contributed by atoms with E-state index in [0.29, 0.717) is 34.1 Å². The maximum Gasteiger partial charge on any atom is 0.259 e. The Morgan fingerprint density at radius 3 is 2.87 bits per heavy atom. The number of hydrogen-bond donors (Lipinski definition) is 2. The van der Waals surface area contributed by atoms with Crippen LogP contribution in [0.4, 0.5) is 0 Å². The van der Waals surface area contributed by atoms with Gasteiger partial charge in [0.1, 0.15) is 6.61 Å². The van der Waals surface area contributed by atoms with E-state index in [1.807, 2.05) is 0 Å². The third kappa shape index (κ3) is 5.79. The van der Waals surface area contributed by atoms with Crippen LogP contribution in [-0.4, -0.2) is 45.1 Å². The first-order chi connectivity index (χ1) is 15.0. The van der Waals surface area contributed by atoms with Crippen molar-refractivity contribution in [1.29, 1.82) is 0 Å². The first kappa shape index (κ1) is 22.2. The summed E-state index contributed by atoms with van der Waals surface area (Å²) in [6, 6.07) is 8.28. The molecular formula is C21H18IN3O6. The number of fused-ring (bicyclic) bond motifs is 1. The lowest BCUT2D eigenvalue weighted by Crippen LogP contribution is -2.34. The molecule has 3 rings (SSSR count). The summed E-state index contributed by atoms with van der Waals surface area (Å²) in [4.78, 5) is 24.2. The number of hydrazone groups is 1. The third-order valence-corrected chi connectivity index (χ3v) is 4.80. The highest BCUT2D eigenvalue weighted by molar-refractivity contribution is 14.1. The number of ether oxygens (including phenoxy) is 4. The topological polar surface area (TPSA) is 107 Å². The standard InChI is InChI=1S/C21H18IN3O6/c1-3-6-29-20-15(22)7-13(8-18(20)28-2)10-24-25-19(26)11-23-21(27)14-4-5-16-17(9-14)31-12-30-16/h1,4-5,7-10H,6,11-12H2,2H3,(H,23,27)(H,25,26). The van der Waals surface area contributed by atoms with Crippen LogP contribution in [0.25, 0.3) is 0 Å². The van der Waals surface area contributed by atoms with Gasteiger partial charge in [0.05, 0.1) is 23.4 Å². The number of rotatable bonds is 8. The summed E-state index contributed by atoms with van der Waals surface area (Å²) >= 11 is 2.09. The maximum absolute atomic E-state index is 12.2. The fourth-order valence-corrected chi connectivity index (χ4v) is 3.37. The quantitative estimate of drug-likeness (QED) is 0.232. The van der Waals surface area contributed by atoms with Crippen molar-refractivity contribution in [3.8, 4) is 35.3 Å². The Bertz CT molecular complexity index is 1060. The number of carbonyl (C=O) groups excluding carboxylic acids is 2. The Morgan fingerprint density at radius 2 is 2.10 bits per heavy atom. The molecule has 1 aliphatic heterocycles. The van der Waals surface area contributed by atoms with Gasteiger partial charge < -0.3 is 24.3 Å². The summed E-state index contributed by atoms with van der Waals surface area (Å²) in [5.74, 6) is 3.59. The van der Waals surface area contributed by atoms with Gasteiger partial charge in [-0.1, -0.05) is 5.92 Å². The first-order valence-electron chi connectivity index (χ1n) is 8.95. The second-order valence-corrected chi connectivity index (χ2v) is 7.23. The lowest BCUT2D eigenvalue weighted by Gasteiger charge is -2.11. The fourth-order valence-electron chi connectivity index (χ4n) is 2.59. The van der Waals surface area contributed by atoms with Crippen LogP contribution in [0.5, 0.6) is 23.0 Å². The Kier molecular flexibility index (Phi) is 7.55. The molecule has 160 valence electrons. The molecule has 0 aliphatic carbocycles. The predicted octanol–water partition coefficient (Wildman–Crippen LogP) is 1.92. The van der Waals surface area contributed by atoms with Gasteiger partial charge >= 0.3 is 0 Å². The van der Waals surface area contributed by atoms with Gasteiger partial charge in [0.2, 0.25) is 6.79 Å². The van der Waals surface area contributed by atoms with Crippen molar-refractivity contribution in [1.82, 2.24) is 10.7 Å². The van der Waals surface area contributed by atoms with E-state index >= 15 is 0 Å². The summed E-state index contributed by atoms with van der Waals surface area (Å²) in [5.41, 5.74) is 3.39. The molecule has 0 atom stereocenters. The number of hydrogen-bond acceptors (Lipinski definition) is 7. The molecule has 0 bridgehead atoms. The molecule has 0 radical (unpaired) electrons. The summed E-state index contributed by atoms with van der Waals surface area (Å²) in [6.07, 6.45) is 6.67. The average Bonchev–Trinajstić information content (AvgIpc) is 3.24. The van der Waals surface area contributed by atoms with E-state index in [1.165, 1.54) is 13.3 Å². The van der Waals surface area contributed by atoms with E-state index in [0.717, 1.165) is 3.57 Å². The van der Waals surface area contributed by atoms with E-state index in [2.05, 4.69) is 44.4 Å². The number of nitrogens with zero attached hydrogens (tertiary/aromatic N) is 1. The van der Waals surface area contributed by atoms with Crippen LogP contribution >= 0.6 is 22.6 Å². The minimum absolute atomic E-state index is 0.117. The van der Waals surface area contributed by atoms with Gasteiger partial charge in [-0.15, -0.1) is 6.42 Å². The number of benzene rings is 2. The minimum atomic E-state index is -0.485. The molecule has 0 unspecified atom stereocenters. The average molecular weight is 535 g/mol. The van der Waals surface area contributed by atoms with Crippen molar-refractivity contribution < 1.29 is 28.5 Å². The molecule has 1 aliphatic rings. The molecule has 9 nitrogen and oxygen atoms in total. The fraction of sp³-hybridized carbons (Fsp3) is 0.190. The van der Waals surface area contributed by atoms with Crippen LogP contribution in [0, 0.1) is 15.9 Å². The molecule has 2 aromatic carbocycles. The summed E-state index contributed by atoms with van der Waals surface area (Å²) in [7, 11) is 1.51. The molecular weight excluding hydrogens is 517 g/mol. The number of halogens is 1. The van der Waals surface area contributed by atoms with Crippen LogP contribution in [0.3, 0.4) is 0 Å². The molecule has 0 spiro atoms. The Balaban J connectivity index is 1.53. The van der Waals surface area contributed by atoms with Gasteiger partial charge in [0.15, 0.2) is 23.0 Å². The highest BCUT2D eigenvalue weighted by Crippen LogP contribution is 2.34. The summed E-state index contributed by atoms with van der Waals surface area (Å²) in [6.45, 7) is -0.00935. The van der Waals surface area contributed by atoms with Gasteiger partial charge in [0.25, 0.3) is 11.8 Å². The monoisotopic (exact) mass is 535 g/mol. The van der Waals surface area contributed by atoms with Crippen LogP contribution in [0.15, 0.2) is 35.4 Å². The van der Waals surface area contributed by atoms with Crippen LogP contribution in [-0.2, 0) is 4.79 Å². The molecule has 31 heavy (non-hydrogen) atoms. The normalized spacial score (nSPS) is 11.6. The number of terminal acetylenes is 1. The molecule has 2 amide bonds. The smallest absolute Gasteiger partial charge is 0.259 e. The highest BCUT2D eigenvalue weighted by atomic mass is 127. The van der Waals surface area contributed by atoms with E-state index < -0.39 is 11.8 Å². The zero-order chi connectivity index (χ0) is 22.2. The maximum atomic E-state index is 12.2. The number of amides is 2. The molecule has 2 N–H and O–H groups in total. The molecule has 2 aromatic rings. The molecule has 0 saturated carbocycles. The number of methoxy groups -OCH3 is 1. The lowest BCUT2D eigenvalue weighted by atomic mass is 10.2. The molecule has 0 saturated heterocycles. The number of nitrogens with one attached hydrogen (secondary N) is 2. The van der Waals surface area contributed by atoms with Crippen LogP contribution < -0.4 is 29.7 Å². The van der Waals surface area contributed by atoms with E-state index in [-0.39, 0.29) is 19.9 Å². The van der Waals surface area contributed by atoms with E-state index in [1.54, 1.807) is 30.3 Å². The lowest BCUT2D eigenvalue weighted by molar-refractivity contribution is -0.120. The van der Waals surface area contributed by atoms with Crippen molar-refractivity contribution in [3.05, 3.63) is 45.0 Å². The molecule has 0 fully saturated rings. The van der Waals surface area contributed by atoms with Gasteiger partial charge in [-0.05, 0) is 58.5 Å². The van der Waals surface area contributed by atoms with Crippen molar-refractivity contribution in [2.45, 2.75) is 0 Å². The SMILES string of the molecule is C#CCOc1c(I)cc(C=NNC(=O)CNC(=O)c2ccc3c(c2)OCO3)cc1OC. The zero-order valence-electron chi connectivity index (χ0n) is 16.4. The van der Waals surface area contributed by atoms with Gasteiger partial charge in [-0.3, -0.25) is 9.59 Å². The predicted molar refractivity (Wildman–Crippen MR) is 121 cm³/mol. The van der Waals surface area contributed by atoms with E-state index in [9.17, 15) is 9.59 Å². The summed E-state index contributed by atoms with van der Waals surface area (Å²) < 4.78 is 22.0.